The molecular weight excluding hydrogens is 701 g/mol. The zero-order valence-corrected chi connectivity index (χ0v) is 30.4. The summed E-state index contributed by atoms with van der Waals surface area (Å²) in [5.41, 5.74) is 11.1. The number of aromatic nitrogens is 4. The first kappa shape index (κ1) is 31.5. The molecule has 0 aliphatic rings. The number of benzene rings is 8. The number of hydrogen-bond acceptors (Lipinski definition) is 5. The van der Waals surface area contributed by atoms with Crippen molar-refractivity contribution in [3.05, 3.63) is 182 Å². The van der Waals surface area contributed by atoms with Gasteiger partial charge in [0.25, 0.3) is 0 Å². The van der Waals surface area contributed by atoms with E-state index in [0.717, 1.165) is 99.2 Å². The molecule has 0 N–H and O–H groups in total. The highest BCUT2D eigenvalue weighted by Crippen LogP contribution is 2.43. The Hall–Kier alpha value is -7.83. The van der Waals surface area contributed by atoms with Crippen molar-refractivity contribution < 1.29 is 8.83 Å². The minimum Gasteiger partial charge on any atom is -0.456 e. The molecule has 12 rings (SSSR count). The number of fused-ring (bicyclic) bond motifs is 9. The van der Waals surface area contributed by atoms with Crippen LogP contribution in [0.5, 0.6) is 0 Å². The maximum absolute atomic E-state index is 6.99. The molecule has 0 aliphatic carbocycles. The van der Waals surface area contributed by atoms with Crippen LogP contribution in [-0.2, 0) is 0 Å². The van der Waals surface area contributed by atoms with Crippen molar-refractivity contribution >= 4 is 65.7 Å². The second-order valence-corrected chi connectivity index (χ2v) is 14.3. The van der Waals surface area contributed by atoms with Gasteiger partial charge in [0.2, 0.25) is 0 Å². The lowest BCUT2D eigenvalue weighted by Crippen LogP contribution is -2.02. The minimum absolute atomic E-state index is 0.571. The summed E-state index contributed by atoms with van der Waals surface area (Å²) in [6.45, 7) is 0. The van der Waals surface area contributed by atoms with Crippen molar-refractivity contribution in [2.24, 2.45) is 0 Å². The van der Waals surface area contributed by atoms with Crippen LogP contribution in [0.2, 0.25) is 0 Å². The van der Waals surface area contributed by atoms with E-state index in [1.807, 2.05) is 66.7 Å². The molecule has 0 fully saturated rings. The summed E-state index contributed by atoms with van der Waals surface area (Å²) in [4.78, 5) is 15.7. The number of hydrogen-bond donors (Lipinski definition) is 0. The Labute approximate surface area is 325 Å². The van der Waals surface area contributed by atoms with Crippen molar-refractivity contribution in [3.8, 4) is 51.0 Å². The third-order valence-corrected chi connectivity index (χ3v) is 11.1. The van der Waals surface area contributed by atoms with Crippen molar-refractivity contribution in [1.29, 1.82) is 0 Å². The smallest absolute Gasteiger partial charge is 0.166 e. The van der Waals surface area contributed by atoms with Gasteiger partial charge in [0.05, 0.1) is 16.7 Å². The van der Waals surface area contributed by atoms with Gasteiger partial charge in [0, 0.05) is 54.6 Å². The topological polar surface area (TPSA) is 69.9 Å². The lowest BCUT2D eigenvalue weighted by atomic mass is 10.0. The zero-order chi connectivity index (χ0) is 37.5. The predicted octanol–water partition coefficient (Wildman–Crippen LogP) is 13.4. The van der Waals surface area contributed by atoms with E-state index in [4.69, 9.17) is 23.8 Å². The molecule has 6 heteroatoms. The summed E-state index contributed by atoms with van der Waals surface area (Å²) in [5.74, 6) is 1.73. The van der Waals surface area contributed by atoms with Crippen LogP contribution >= 0.6 is 0 Å². The summed E-state index contributed by atoms with van der Waals surface area (Å²) < 4.78 is 15.6. The molecule has 12 aromatic rings. The van der Waals surface area contributed by atoms with Crippen LogP contribution in [0, 0.1) is 0 Å². The number of furan rings is 2. The van der Waals surface area contributed by atoms with Gasteiger partial charge in [-0.2, -0.15) is 0 Å². The van der Waals surface area contributed by atoms with E-state index in [2.05, 4.69) is 120 Å². The van der Waals surface area contributed by atoms with Gasteiger partial charge in [-0.25, -0.2) is 15.0 Å². The fourth-order valence-corrected chi connectivity index (χ4v) is 8.57. The van der Waals surface area contributed by atoms with Crippen LogP contribution in [0.25, 0.3) is 117 Å². The molecule has 0 amide bonds. The number of nitrogens with zero attached hydrogens (tertiary/aromatic N) is 4. The molecule has 6 nitrogen and oxygen atoms in total. The highest BCUT2D eigenvalue weighted by Gasteiger charge is 2.24. The van der Waals surface area contributed by atoms with Crippen molar-refractivity contribution in [3.63, 3.8) is 0 Å². The van der Waals surface area contributed by atoms with Crippen molar-refractivity contribution in [1.82, 2.24) is 19.5 Å². The molecule has 4 heterocycles. The van der Waals surface area contributed by atoms with E-state index in [1.54, 1.807) is 0 Å². The molecule has 0 bridgehead atoms. The van der Waals surface area contributed by atoms with Crippen molar-refractivity contribution in [2.75, 3.05) is 0 Å². The summed E-state index contributed by atoms with van der Waals surface area (Å²) in [6.07, 6.45) is 0. The molecular formula is C51H30N4O2. The van der Waals surface area contributed by atoms with Gasteiger partial charge >= 0.3 is 0 Å². The monoisotopic (exact) mass is 730 g/mol. The van der Waals surface area contributed by atoms with E-state index in [9.17, 15) is 0 Å². The summed E-state index contributed by atoms with van der Waals surface area (Å²) in [5, 5.41) is 6.33. The Morgan fingerprint density at radius 3 is 1.74 bits per heavy atom. The Balaban J connectivity index is 1.16. The molecule has 0 unspecified atom stereocenters. The van der Waals surface area contributed by atoms with E-state index >= 15 is 0 Å². The third-order valence-electron chi connectivity index (χ3n) is 11.1. The zero-order valence-electron chi connectivity index (χ0n) is 30.4. The summed E-state index contributed by atoms with van der Waals surface area (Å²) >= 11 is 0. The van der Waals surface area contributed by atoms with E-state index in [-0.39, 0.29) is 0 Å². The number of para-hydroxylation sites is 5. The molecule has 0 spiro atoms. The van der Waals surface area contributed by atoms with Gasteiger partial charge in [-0.15, -0.1) is 0 Å². The minimum atomic E-state index is 0.571. The molecule has 0 aliphatic heterocycles. The van der Waals surface area contributed by atoms with E-state index in [0.29, 0.717) is 17.5 Å². The molecule has 0 radical (unpaired) electrons. The Morgan fingerprint density at radius 2 is 0.912 bits per heavy atom. The number of rotatable bonds is 5. The second kappa shape index (κ2) is 12.3. The second-order valence-electron chi connectivity index (χ2n) is 14.3. The Kier molecular flexibility index (Phi) is 6.83. The lowest BCUT2D eigenvalue weighted by molar-refractivity contribution is 0.667. The van der Waals surface area contributed by atoms with Crippen LogP contribution in [0.4, 0.5) is 0 Å². The Morgan fingerprint density at radius 1 is 0.351 bits per heavy atom. The molecule has 266 valence electrons. The predicted molar refractivity (Wildman–Crippen MR) is 230 cm³/mol. The Bertz CT molecular complexity index is 3530. The van der Waals surface area contributed by atoms with Crippen LogP contribution in [0.1, 0.15) is 0 Å². The molecule has 0 saturated carbocycles. The van der Waals surface area contributed by atoms with Crippen LogP contribution < -0.4 is 0 Å². The normalized spacial score (nSPS) is 11.9. The first-order chi connectivity index (χ1) is 28.3. The van der Waals surface area contributed by atoms with Gasteiger partial charge in [-0.3, -0.25) is 0 Å². The SMILES string of the molecule is c1ccc(-c2nc(-c3cccc4oc5ccccc5c34)nc(-c3cccc4c5ccccc5n(-c5cccc6c5oc5c(-c7ccccc7)cccc56)c34)n2)cc1. The van der Waals surface area contributed by atoms with Gasteiger partial charge in [-0.05, 0) is 35.9 Å². The van der Waals surface area contributed by atoms with Crippen LogP contribution in [-0.4, -0.2) is 19.5 Å². The molecule has 8 aromatic carbocycles. The maximum Gasteiger partial charge on any atom is 0.166 e. The fourth-order valence-electron chi connectivity index (χ4n) is 8.57. The quantitative estimate of drug-likeness (QED) is 0.176. The molecule has 0 atom stereocenters. The van der Waals surface area contributed by atoms with Crippen molar-refractivity contribution in [2.45, 2.75) is 0 Å². The highest BCUT2D eigenvalue weighted by atomic mass is 16.3. The third kappa shape index (κ3) is 4.81. The lowest BCUT2D eigenvalue weighted by Gasteiger charge is -2.13. The molecule has 57 heavy (non-hydrogen) atoms. The molecule has 4 aromatic heterocycles. The summed E-state index contributed by atoms with van der Waals surface area (Å²) in [7, 11) is 0. The first-order valence-electron chi connectivity index (χ1n) is 19.0. The van der Waals surface area contributed by atoms with E-state index < -0.39 is 0 Å². The van der Waals surface area contributed by atoms with Gasteiger partial charge in [0.15, 0.2) is 23.1 Å². The first-order valence-corrected chi connectivity index (χ1v) is 19.0. The average molecular weight is 731 g/mol. The average Bonchev–Trinajstić information content (AvgIpc) is 3.97. The molecule has 0 saturated heterocycles. The van der Waals surface area contributed by atoms with Crippen LogP contribution in [0.3, 0.4) is 0 Å². The van der Waals surface area contributed by atoms with E-state index in [1.165, 1.54) is 0 Å². The van der Waals surface area contributed by atoms with Gasteiger partial charge in [-0.1, -0.05) is 152 Å². The van der Waals surface area contributed by atoms with Crippen LogP contribution in [0.15, 0.2) is 191 Å². The van der Waals surface area contributed by atoms with Gasteiger partial charge in [0.1, 0.15) is 16.7 Å². The van der Waals surface area contributed by atoms with Gasteiger partial charge < -0.3 is 13.4 Å². The standard InChI is InChI=1S/C51H30N4O2/c1-3-15-31(16-4-1)33-21-11-23-36-37-24-13-28-42(48(37)57-47(33)36)55-41-27-9-7-19-34(41)35-22-12-26-40(46(35)55)51-53-49(32-17-5-2-6-18-32)52-50(54-51)39-25-14-30-44-45(39)38-20-8-10-29-43(38)56-44/h1-30H. The largest absolute Gasteiger partial charge is 0.456 e. The summed E-state index contributed by atoms with van der Waals surface area (Å²) in [6, 6.07) is 62.5. The maximum atomic E-state index is 6.99. The highest BCUT2D eigenvalue weighted by molar-refractivity contribution is 6.17. The fraction of sp³-hybridized carbons (Fsp3) is 0.